The van der Waals surface area contributed by atoms with Gasteiger partial charge in [0.1, 0.15) is 0 Å². The van der Waals surface area contributed by atoms with Crippen LogP contribution in [0.2, 0.25) is 0 Å². The Morgan fingerprint density at radius 3 is 2.83 bits per heavy atom. The average molecular weight is 337 g/mol. The summed E-state index contributed by atoms with van der Waals surface area (Å²) in [5, 5.41) is 8.80. The van der Waals surface area contributed by atoms with Gasteiger partial charge in [0, 0.05) is 19.5 Å². The summed E-state index contributed by atoms with van der Waals surface area (Å²) in [6, 6.07) is 6.05. The molecule has 1 aliphatic rings. The van der Waals surface area contributed by atoms with Gasteiger partial charge in [-0.15, -0.1) is 0 Å². The second-order valence-corrected chi connectivity index (χ2v) is 6.17. The first kappa shape index (κ1) is 18.2. The standard InChI is InChI=1S/C18H24FNO4/c1-2-15(24-16-8-4-3-7-14(16)19)18(23)20-11-5-6-13(12-20)9-10-17(21)22/h3-4,7-8,13,15H,2,5-6,9-12H2,1H3,(H,21,22)/t13-,15-/m1/s1. The number of carboxylic acids is 1. The van der Waals surface area contributed by atoms with Crippen molar-refractivity contribution in [2.24, 2.45) is 5.92 Å². The van der Waals surface area contributed by atoms with Gasteiger partial charge in [-0.25, -0.2) is 4.39 Å². The molecular weight excluding hydrogens is 313 g/mol. The van der Waals surface area contributed by atoms with Crippen LogP contribution >= 0.6 is 0 Å². The number of benzene rings is 1. The number of ether oxygens (including phenoxy) is 1. The number of likely N-dealkylation sites (tertiary alicyclic amines) is 1. The largest absolute Gasteiger partial charge is 0.481 e. The molecule has 1 N–H and O–H groups in total. The van der Waals surface area contributed by atoms with Crippen molar-refractivity contribution >= 4 is 11.9 Å². The van der Waals surface area contributed by atoms with E-state index in [-0.39, 0.29) is 24.0 Å². The molecule has 0 aromatic heterocycles. The van der Waals surface area contributed by atoms with Crippen LogP contribution in [0.4, 0.5) is 4.39 Å². The summed E-state index contributed by atoms with van der Waals surface area (Å²) in [6.07, 6.45) is 2.21. The molecule has 1 amide bonds. The Kier molecular flexibility index (Phi) is 6.58. The second-order valence-electron chi connectivity index (χ2n) is 6.17. The summed E-state index contributed by atoms with van der Waals surface area (Å²) in [6.45, 7) is 3.01. The monoisotopic (exact) mass is 337 g/mol. The number of carbonyl (C=O) groups excluding carboxylic acids is 1. The molecule has 0 aliphatic carbocycles. The third-order valence-corrected chi connectivity index (χ3v) is 4.35. The predicted octanol–water partition coefficient (Wildman–Crippen LogP) is 3.09. The average Bonchev–Trinajstić information content (AvgIpc) is 2.59. The molecule has 1 saturated heterocycles. The highest BCUT2D eigenvalue weighted by Gasteiger charge is 2.29. The molecule has 24 heavy (non-hydrogen) atoms. The van der Waals surface area contributed by atoms with Crippen LogP contribution < -0.4 is 4.74 Å². The number of nitrogens with zero attached hydrogens (tertiary/aromatic N) is 1. The van der Waals surface area contributed by atoms with E-state index in [9.17, 15) is 14.0 Å². The van der Waals surface area contributed by atoms with Gasteiger partial charge in [-0.05, 0) is 43.7 Å². The van der Waals surface area contributed by atoms with Crippen LogP contribution in [-0.4, -0.2) is 41.1 Å². The SMILES string of the molecule is CC[C@@H](Oc1ccccc1F)C(=O)N1CCC[C@H](CCC(=O)O)C1. The fourth-order valence-corrected chi connectivity index (χ4v) is 3.03. The summed E-state index contributed by atoms with van der Waals surface area (Å²) >= 11 is 0. The molecule has 2 atom stereocenters. The molecule has 1 heterocycles. The number of carbonyl (C=O) groups is 2. The molecule has 0 radical (unpaired) electrons. The third-order valence-electron chi connectivity index (χ3n) is 4.35. The lowest BCUT2D eigenvalue weighted by Crippen LogP contribution is -2.46. The van der Waals surface area contributed by atoms with Crippen molar-refractivity contribution in [1.29, 1.82) is 0 Å². The lowest BCUT2D eigenvalue weighted by atomic mass is 9.93. The molecule has 0 bridgehead atoms. The number of halogens is 1. The molecular formula is C18H24FNO4. The number of aliphatic carboxylic acids is 1. The normalized spacial score (nSPS) is 18.9. The van der Waals surface area contributed by atoms with E-state index in [0.717, 1.165) is 12.8 Å². The van der Waals surface area contributed by atoms with Gasteiger partial charge in [0.2, 0.25) is 0 Å². The van der Waals surface area contributed by atoms with Gasteiger partial charge >= 0.3 is 5.97 Å². The Morgan fingerprint density at radius 1 is 1.42 bits per heavy atom. The molecule has 0 spiro atoms. The lowest BCUT2D eigenvalue weighted by molar-refractivity contribution is -0.141. The van der Waals surface area contributed by atoms with E-state index in [0.29, 0.717) is 25.9 Å². The fourth-order valence-electron chi connectivity index (χ4n) is 3.03. The maximum Gasteiger partial charge on any atom is 0.303 e. The van der Waals surface area contributed by atoms with Gasteiger partial charge in [-0.3, -0.25) is 9.59 Å². The zero-order valence-electron chi connectivity index (χ0n) is 13.9. The van der Waals surface area contributed by atoms with Crippen LogP contribution in [0.15, 0.2) is 24.3 Å². The highest BCUT2D eigenvalue weighted by Crippen LogP contribution is 2.24. The molecule has 2 rings (SSSR count). The number of para-hydroxylation sites is 1. The van der Waals surface area contributed by atoms with Gasteiger partial charge < -0.3 is 14.7 Å². The molecule has 1 fully saturated rings. The van der Waals surface area contributed by atoms with Crippen molar-refractivity contribution in [3.8, 4) is 5.75 Å². The van der Waals surface area contributed by atoms with Crippen molar-refractivity contribution in [3.63, 3.8) is 0 Å². The minimum absolute atomic E-state index is 0.0807. The summed E-state index contributed by atoms with van der Waals surface area (Å²) in [5.74, 6) is -1.17. The third kappa shape index (κ3) is 4.94. The van der Waals surface area contributed by atoms with Gasteiger partial charge in [-0.1, -0.05) is 19.1 Å². The Hall–Kier alpha value is -2.11. The van der Waals surface area contributed by atoms with Crippen molar-refractivity contribution in [2.45, 2.75) is 45.1 Å². The van der Waals surface area contributed by atoms with Crippen LogP contribution in [-0.2, 0) is 9.59 Å². The van der Waals surface area contributed by atoms with Crippen LogP contribution in [0, 0.1) is 11.7 Å². The van der Waals surface area contributed by atoms with Crippen molar-refractivity contribution in [2.75, 3.05) is 13.1 Å². The molecule has 5 nitrogen and oxygen atoms in total. The molecule has 6 heteroatoms. The second kappa shape index (κ2) is 8.66. The predicted molar refractivity (Wildman–Crippen MR) is 87.3 cm³/mol. The van der Waals surface area contributed by atoms with E-state index in [1.165, 1.54) is 12.1 Å². The minimum Gasteiger partial charge on any atom is -0.481 e. The van der Waals surface area contributed by atoms with Crippen LogP contribution in [0.1, 0.15) is 39.0 Å². The number of carboxylic acid groups (broad SMARTS) is 1. The smallest absolute Gasteiger partial charge is 0.303 e. The van der Waals surface area contributed by atoms with Crippen molar-refractivity contribution in [3.05, 3.63) is 30.1 Å². The summed E-state index contributed by atoms with van der Waals surface area (Å²) in [5.41, 5.74) is 0. The maximum absolute atomic E-state index is 13.7. The Labute approximate surface area is 141 Å². The first-order valence-electron chi connectivity index (χ1n) is 8.43. The molecule has 1 aromatic rings. The van der Waals surface area contributed by atoms with E-state index in [1.54, 1.807) is 17.0 Å². The molecule has 0 unspecified atom stereocenters. The fraction of sp³-hybridized carbons (Fsp3) is 0.556. The van der Waals surface area contributed by atoms with E-state index in [4.69, 9.17) is 9.84 Å². The van der Waals surface area contributed by atoms with E-state index < -0.39 is 17.9 Å². The zero-order chi connectivity index (χ0) is 17.5. The van der Waals surface area contributed by atoms with Crippen LogP contribution in [0.25, 0.3) is 0 Å². The number of piperidine rings is 1. The van der Waals surface area contributed by atoms with Crippen LogP contribution in [0.5, 0.6) is 5.75 Å². The van der Waals surface area contributed by atoms with Gasteiger partial charge in [0.25, 0.3) is 5.91 Å². The van der Waals surface area contributed by atoms with E-state index in [1.807, 2.05) is 6.92 Å². The van der Waals surface area contributed by atoms with Gasteiger partial charge in [0.05, 0.1) is 0 Å². The highest BCUT2D eigenvalue weighted by molar-refractivity contribution is 5.81. The number of amides is 1. The molecule has 1 aromatic carbocycles. The maximum atomic E-state index is 13.7. The molecule has 0 saturated carbocycles. The van der Waals surface area contributed by atoms with Crippen molar-refractivity contribution < 1.29 is 23.8 Å². The summed E-state index contributed by atoms with van der Waals surface area (Å²) in [7, 11) is 0. The lowest BCUT2D eigenvalue weighted by Gasteiger charge is -2.34. The first-order chi connectivity index (χ1) is 11.5. The quantitative estimate of drug-likeness (QED) is 0.830. The first-order valence-corrected chi connectivity index (χ1v) is 8.43. The minimum atomic E-state index is -0.812. The molecule has 1 aliphatic heterocycles. The van der Waals surface area contributed by atoms with Gasteiger partial charge in [0.15, 0.2) is 17.7 Å². The number of hydrogen-bond acceptors (Lipinski definition) is 3. The van der Waals surface area contributed by atoms with E-state index >= 15 is 0 Å². The summed E-state index contributed by atoms with van der Waals surface area (Å²) in [4.78, 5) is 25.1. The zero-order valence-corrected chi connectivity index (χ0v) is 13.9. The Bertz CT molecular complexity index is 578. The number of rotatable bonds is 7. The topological polar surface area (TPSA) is 66.8 Å². The summed E-state index contributed by atoms with van der Waals surface area (Å²) < 4.78 is 19.3. The Balaban J connectivity index is 1.97. The molecule has 132 valence electrons. The van der Waals surface area contributed by atoms with E-state index in [2.05, 4.69) is 0 Å². The van der Waals surface area contributed by atoms with Crippen molar-refractivity contribution in [1.82, 2.24) is 4.90 Å². The van der Waals surface area contributed by atoms with Crippen LogP contribution in [0.3, 0.4) is 0 Å². The Morgan fingerprint density at radius 2 is 2.17 bits per heavy atom. The number of hydrogen-bond donors (Lipinski definition) is 1. The van der Waals surface area contributed by atoms with Gasteiger partial charge in [-0.2, -0.15) is 0 Å². The highest BCUT2D eigenvalue weighted by atomic mass is 19.1.